The van der Waals surface area contributed by atoms with Gasteiger partial charge in [-0.25, -0.2) is 14.3 Å². The van der Waals surface area contributed by atoms with Gasteiger partial charge < -0.3 is 10.2 Å². The van der Waals surface area contributed by atoms with Gasteiger partial charge in [0.1, 0.15) is 6.54 Å². The van der Waals surface area contributed by atoms with E-state index in [1.807, 2.05) is 37.3 Å². The number of carbonyl (C=O) groups excluding carboxylic acids is 1. The monoisotopic (exact) mass is 393 g/mol. The molecule has 0 aliphatic carbocycles. The van der Waals surface area contributed by atoms with Crippen molar-refractivity contribution in [2.75, 3.05) is 26.2 Å². The van der Waals surface area contributed by atoms with Crippen LogP contribution in [0.3, 0.4) is 0 Å². The number of rotatable bonds is 6. The number of aromatic nitrogens is 3. The second-order valence-corrected chi connectivity index (χ2v) is 7.64. The van der Waals surface area contributed by atoms with Gasteiger partial charge in [-0.3, -0.25) is 9.36 Å². The van der Waals surface area contributed by atoms with Gasteiger partial charge in [-0.2, -0.15) is 0 Å². The molecule has 1 aliphatic heterocycles. The number of nitrogens with one attached hydrogen (secondary N) is 1. The van der Waals surface area contributed by atoms with E-state index in [0.717, 1.165) is 30.9 Å². The van der Waals surface area contributed by atoms with Crippen molar-refractivity contribution in [1.82, 2.24) is 24.3 Å². The molecule has 29 heavy (non-hydrogen) atoms. The van der Waals surface area contributed by atoms with Gasteiger partial charge in [0.05, 0.1) is 11.2 Å². The number of hydrogen-bond acceptors (Lipinski definition) is 4. The summed E-state index contributed by atoms with van der Waals surface area (Å²) in [6, 6.07) is 11.3. The van der Waals surface area contributed by atoms with Crippen molar-refractivity contribution in [2.24, 2.45) is 0 Å². The lowest BCUT2D eigenvalue weighted by atomic mass is 10.1. The fourth-order valence-corrected chi connectivity index (χ4v) is 3.90. The van der Waals surface area contributed by atoms with Crippen LogP contribution in [0.15, 0.2) is 47.4 Å². The minimum Gasteiger partial charge on any atom is -0.353 e. The van der Waals surface area contributed by atoms with E-state index < -0.39 is 0 Å². The zero-order chi connectivity index (χ0) is 20.2. The second-order valence-electron chi connectivity index (χ2n) is 7.64. The molecular weight excluding hydrogens is 366 g/mol. The number of piperidine rings is 1. The van der Waals surface area contributed by atoms with E-state index in [1.165, 1.54) is 23.8 Å². The van der Waals surface area contributed by atoms with Gasteiger partial charge in [-0.1, -0.05) is 24.1 Å². The lowest BCUT2D eigenvalue weighted by Crippen LogP contribution is -2.39. The average molecular weight is 393 g/mol. The van der Waals surface area contributed by atoms with E-state index in [1.54, 1.807) is 16.8 Å². The summed E-state index contributed by atoms with van der Waals surface area (Å²) in [5, 5.41) is 2.96. The first kappa shape index (κ1) is 19.4. The van der Waals surface area contributed by atoms with Crippen molar-refractivity contribution in [3.63, 3.8) is 0 Å². The third-order valence-corrected chi connectivity index (χ3v) is 5.48. The van der Waals surface area contributed by atoms with Crippen molar-refractivity contribution < 1.29 is 4.79 Å². The number of hydrogen-bond donors (Lipinski definition) is 1. The number of carbonyl (C=O) groups is 1. The van der Waals surface area contributed by atoms with Crippen LogP contribution in [0, 0.1) is 6.92 Å². The lowest BCUT2D eigenvalue weighted by molar-refractivity contribution is -0.121. The maximum absolute atomic E-state index is 13.1. The number of amides is 1. The zero-order valence-corrected chi connectivity index (χ0v) is 16.8. The molecule has 0 saturated carbocycles. The molecule has 7 heteroatoms. The molecule has 3 heterocycles. The highest BCUT2D eigenvalue weighted by molar-refractivity contribution is 5.80. The highest BCUT2D eigenvalue weighted by Gasteiger charge is 2.17. The topological polar surface area (TPSA) is 72.2 Å². The Hall–Kier alpha value is -2.93. The van der Waals surface area contributed by atoms with Gasteiger partial charge in [0.2, 0.25) is 5.91 Å². The number of fused-ring (bicyclic) bond motifs is 1. The van der Waals surface area contributed by atoms with Crippen LogP contribution < -0.4 is 11.0 Å². The number of pyridine rings is 1. The Morgan fingerprint density at radius 1 is 1.10 bits per heavy atom. The van der Waals surface area contributed by atoms with E-state index in [2.05, 4.69) is 15.2 Å². The fraction of sp³-hybridized carbons (Fsp3) is 0.409. The minimum atomic E-state index is -0.256. The number of nitrogens with zero attached hydrogens (tertiary/aromatic N) is 4. The number of benzene rings is 1. The summed E-state index contributed by atoms with van der Waals surface area (Å²) in [6.45, 7) is 5.65. The zero-order valence-electron chi connectivity index (χ0n) is 16.8. The Morgan fingerprint density at radius 2 is 1.86 bits per heavy atom. The van der Waals surface area contributed by atoms with Crippen molar-refractivity contribution in [3.05, 3.63) is 58.6 Å². The molecule has 1 fully saturated rings. The molecule has 1 aromatic carbocycles. The maximum Gasteiger partial charge on any atom is 0.335 e. The van der Waals surface area contributed by atoms with E-state index in [4.69, 9.17) is 0 Å². The van der Waals surface area contributed by atoms with E-state index in [0.29, 0.717) is 17.7 Å². The first-order valence-electron chi connectivity index (χ1n) is 10.3. The first-order valence-corrected chi connectivity index (χ1v) is 10.3. The minimum absolute atomic E-state index is 0.0140. The third kappa shape index (κ3) is 4.24. The van der Waals surface area contributed by atoms with Gasteiger partial charge in [0.15, 0.2) is 5.65 Å². The molecule has 0 bridgehead atoms. The largest absolute Gasteiger partial charge is 0.353 e. The molecule has 1 saturated heterocycles. The molecule has 3 aromatic rings. The summed E-state index contributed by atoms with van der Waals surface area (Å²) >= 11 is 0. The van der Waals surface area contributed by atoms with E-state index >= 15 is 0 Å². The summed E-state index contributed by atoms with van der Waals surface area (Å²) in [4.78, 5) is 32.4. The van der Waals surface area contributed by atoms with Crippen molar-refractivity contribution in [2.45, 2.75) is 32.7 Å². The highest BCUT2D eigenvalue weighted by Crippen LogP contribution is 2.16. The molecule has 7 nitrogen and oxygen atoms in total. The Kier molecular flexibility index (Phi) is 5.76. The lowest BCUT2D eigenvalue weighted by Gasteiger charge is -2.26. The fourth-order valence-electron chi connectivity index (χ4n) is 3.90. The van der Waals surface area contributed by atoms with Gasteiger partial charge in [-0.05, 0) is 57.1 Å². The summed E-state index contributed by atoms with van der Waals surface area (Å²) in [7, 11) is 0. The average Bonchev–Trinajstić information content (AvgIpc) is 3.01. The van der Waals surface area contributed by atoms with Crippen LogP contribution in [0.2, 0.25) is 0 Å². The van der Waals surface area contributed by atoms with E-state index in [-0.39, 0.29) is 18.1 Å². The Balaban J connectivity index is 1.53. The summed E-state index contributed by atoms with van der Waals surface area (Å²) in [6.07, 6.45) is 5.42. The number of aryl methyl sites for hydroxylation is 1. The van der Waals surface area contributed by atoms with Crippen LogP contribution >= 0.6 is 0 Å². The predicted molar refractivity (Wildman–Crippen MR) is 113 cm³/mol. The molecule has 2 aromatic heterocycles. The van der Waals surface area contributed by atoms with Crippen LogP contribution in [-0.2, 0) is 11.3 Å². The SMILES string of the molecule is Cc1ccc(-n2c(=O)n(CC(=O)NCCN3CCCCC3)c3cccnc32)cc1. The maximum atomic E-state index is 13.1. The van der Waals surface area contributed by atoms with Gasteiger partial charge >= 0.3 is 5.69 Å². The molecular formula is C22H27N5O2. The highest BCUT2D eigenvalue weighted by atomic mass is 16.2. The van der Waals surface area contributed by atoms with Crippen LogP contribution in [0.25, 0.3) is 16.9 Å². The van der Waals surface area contributed by atoms with Crippen molar-refractivity contribution in [1.29, 1.82) is 0 Å². The van der Waals surface area contributed by atoms with Crippen LogP contribution in [-0.4, -0.2) is 51.1 Å². The standard InChI is InChI=1S/C22H27N5O2/c1-17-7-9-18(10-8-17)27-21-19(6-5-11-24-21)26(22(27)29)16-20(28)23-12-15-25-13-3-2-4-14-25/h5-11H,2-4,12-16H2,1H3,(H,23,28). The van der Waals surface area contributed by atoms with E-state index in [9.17, 15) is 9.59 Å². The van der Waals surface area contributed by atoms with Crippen molar-refractivity contribution in [3.8, 4) is 5.69 Å². The third-order valence-electron chi connectivity index (χ3n) is 5.48. The van der Waals surface area contributed by atoms with Crippen LogP contribution in [0.4, 0.5) is 0 Å². The summed E-state index contributed by atoms with van der Waals surface area (Å²) in [5.74, 6) is -0.157. The van der Waals surface area contributed by atoms with Crippen molar-refractivity contribution >= 4 is 17.1 Å². The molecule has 1 N–H and O–H groups in total. The van der Waals surface area contributed by atoms with Gasteiger partial charge in [0, 0.05) is 19.3 Å². The summed E-state index contributed by atoms with van der Waals surface area (Å²) < 4.78 is 3.06. The second kappa shape index (κ2) is 8.61. The van der Waals surface area contributed by atoms with Crippen LogP contribution in [0.1, 0.15) is 24.8 Å². The number of imidazole rings is 1. The van der Waals surface area contributed by atoms with Crippen LogP contribution in [0.5, 0.6) is 0 Å². The quantitative estimate of drug-likeness (QED) is 0.696. The Morgan fingerprint density at radius 3 is 2.62 bits per heavy atom. The molecule has 0 atom stereocenters. The predicted octanol–water partition coefficient (Wildman–Crippen LogP) is 2.10. The number of likely N-dealkylation sites (tertiary alicyclic amines) is 1. The van der Waals surface area contributed by atoms with Gasteiger partial charge in [0.25, 0.3) is 0 Å². The molecule has 0 radical (unpaired) electrons. The first-order chi connectivity index (χ1) is 14.1. The molecule has 1 amide bonds. The molecule has 0 spiro atoms. The smallest absolute Gasteiger partial charge is 0.335 e. The van der Waals surface area contributed by atoms with Gasteiger partial charge in [-0.15, -0.1) is 0 Å². The normalized spacial score (nSPS) is 14.9. The molecule has 152 valence electrons. The molecule has 0 unspecified atom stereocenters. The molecule has 1 aliphatic rings. The Labute approximate surface area is 170 Å². The molecule has 4 rings (SSSR count). The Bertz CT molecular complexity index is 1050. The summed E-state index contributed by atoms with van der Waals surface area (Å²) in [5.41, 5.74) is 2.82.